The number of aryl methyl sites for hydroxylation is 2. The van der Waals surface area contributed by atoms with Crippen molar-refractivity contribution in [2.45, 2.75) is 20.3 Å². The van der Waals surface area contributed by atoms with E-state index in [1.807, 2.05) is 38.5 Å². The molecular formula is C18H16N4O. The first kappa shape index (κ1) is 13.7. The molecule has 0 aliphatic rings. The molecule has 4 rings (SSSR count). The van der Waals surface area contributed by atoms with Crippen LogP contribution in [-0.4, -0.2) is 20.1 Å². The molecule has 0 bridgehead atoms. The number of H-pyrrole nitrogens is 1. The van der Waals surface area contributed by atoms with Crippen LogP contribution in [0.5, 0.6) is 0 Å². The topological polar surface area (TPSA) is 67.6 Å². The molecule has 0 atom stereocenters. The molecule has 0 saturated heterocycles. The van der Waals surface area contributed by atoms with E-state index in [-0.39, 0.29) is 0 Å². The molecule has 0 radical (unpaired) electrons. The molecule has 5 nitrogen and oxygen atoms in total. The summed E-state index contributed by atoms with van der Waals surface area (Å²) in [4.78, 5) is 12.0. The number of fused-ring (bicyclic) bond motifs is 1. The smallest absolute Gasteiger partial charge is 0.141 e. The number of hydrogen-bond acceptors (Lipinski definition) is 4. The average Bonchev–Trinajstić information content (AvgIpc) is 3.12. The molecule has 0 aliphatic heterocycles. The van der Waals surface area contributed by atoms with Crippen LogP contribution in [0.25, 0.3) is 22.2 Å². The highest BCUT2D eigenvalue weighted by atomic mass is 16.5. The first-order chi connectivity index (χ1) is 11.2. The molecule has 4 aromatic heterocycles. The highest BCUT2D eigenvalue weighted by Gasteiger charge is 2.14. The van der Waals surface area contributed by atoms with Crippen LogP contribution in [0.15, 0.2) is 47.5 Å². The van der Waals surface area contributed by atoms with Crippen molar-refractivity contribution in [2.75, 3.05) is 0 Å². The number of nitrogens with one attached hydrogen (secondary N) is 1. The molecule has 0 unspecified atom stereocenters. The molecule has 23 heavy (non-hydrogen) atoms. The lowest BCUT2D eigenvalue weighted by molar-refractivity contribution is 0.393. The van der Waals surface area contributed by atoms with E-state index in [1.165, 1.54) is 11.1 Å². The van der Waals surface area contributed by atoms with Gasteiger partial charge in [-0.2, -0.15) is 0 Å². The van der Waals surface area contributed by atoms with Crippen LogP contribution in [0, 0.1) is 13.8 Å². The number of nitrogens with zero attached hydrogens (tertiary/aromatic N) is 3. The van der Waals surface area contributed by atoms with Crippen molar-refractivity contribution in [2.24, 2.45) is 0 Å². The van der Waals surface area contributed by atoms with Gasteiger partial charge in [0.15, 0.2) is 0 Å². The maximum absolute atomic E-state index is 5.28. The summed E-state index contributed by atoms with van der Waals surface area (Å²) in [6.07, 6.45) is 8.38. The largest absolute Gasteiger partial charge is 0.361 e. The minimum atomic E-state index is 0.813. The van der Waals surface area contributed by atoms with Gasteiger partial charge in [-0.25, -0.2) is 4.98 Å². The van der Waals surface area contributed by atoms with Gasteiger partial charge < -0.3 is 9.51 Å². The second kappa shape index (κ2) is 5.35. The van der Waals surface area contributed by atoms with Gasteiger partial charge in [0, 0.05) is 47.7 Å². The predicted molar refractivity (Wildman–Crippen MR) is 88.1 cm³/mol. The quantitative estimate of drug-likeness (QED) is 0.625. The average molecular weight is 304 g/mol. The molecule has 114 valence electrons. The van der Waals surface area contributed by atoms with Crippen molar-refractivity contribution >= 4 is 11.0 Å². The fraction of sp³-hybridized carbons (Fsp3) is 0.167. The van der Waals surface area contributed by atoms with Crippen LogP contribution in [0.3, 0.4) is 0 Å². The monoisotopic (exact) mass is 304 g/mol. The first-order valence-corrected chi connectivity index (χ1v) is 7.50. The van der Waals surface area contributed by atoms with Gasteiger partial charge in [0.1, 0.15) is 11.4 Å². The lowest BCUT2D eigenvalue weighted by atomic mass is 10.0. The van der Waals surface area contributed by atoms with E-state index in [9.17, 15) is 0 Å². The highest BCUT2D eigenvalue weighted by molar-refractivity contribution is 5.85. The minimum absolute atomic E-state index is 0.813. The molecular weight excluding hydrogens is 288 g/mol. The maximum atomic E-state index is 5.28. The van der Waals surface area contributed by atoms with Crippen LogP contribution < -0.4 is 0 Å². The van der Waals surface area contributed by atoms with E-state index in [2.05, 4.69) is 32.2 Å². The Morgan fingerprint density at radius 3 is 2.87 bits per heavy atom. The summed E-state index contributed by atoms with van der Waals surface area (Å²) in [5.74, 6) is 0.813. The predicted octanol–water partition coefficient (Wildman–Crippen LogP) is 3.82. The number of hydrogen-bond donors (Lipinski definition) is 1. The molecule has 0 aromatic carbocycles. The Morgan fingerprint density at radius 2 is 2.13 bits per heavy atom. The molecule has 0 aliphatic carbocycles. The SMILES string of the molecule is Cc1noc(C)c1-c1cnc2[nH]cc(Cc3cccnc3)c2c1. The Balaban J connectivity index is 1.80. The zero-order valence-corrected chi connectivity index (χ0v) is 13.0. The second-order valence-corrected chi connectivity index (χ2v) is 5.67. The van der Waals surface area contributed by atoms with Gasteiger partial charge in [-0.1, -0.05) is 11.2 Å². The number of pyridine rings is 2. The van der Waals surface area contributed by atoms with Crippen molar-refractivity contribution in [3.63, 3.8) is 0 Å². The molecule has 0 spiro atoms. The van der Waals surface area contributed by atoms with Crippen molar-refractivity contribution in [1.82, 2.24) is 20.1 Å². The Kier molecular flexibility index (Phi) is 3.19. The molecule has 0 saturated carbocycles. The Labute approximate surface area is 133 Å². The maximum Gasteiger partial charge on any atom is 0.141 e. The fourth-order valence-corrected chi connectivity index (χ4v) is 2.96. The normalized spacial score (nSPS) is 11.2. The Hall–Kier alpha value is -2.95. The van der Waals surface area contributed by atoms with E-state index < -0.39 is 0 Å². The zero-order valence-electron chi connectivity index (χ0n) is 13.0. The lowest BCUT2D eigenvalue weighted by Gasteiger charge is -2.03. The van der Waals surface area contributed by atoms with Gasteiger partial charge in [0.2, 0.25) is 0 Å². The second-order valence-electron chi connectivity index (χ2n) is 5.67. The Morgan fingerprint density at radius 1 is 1.22 bits per heavy atom. The molecule has 4 aromatic rings. The van der Waals surface area contributed by atoms with E-state index in [1.54, 1.807) is 6.20 Å². The van der Waals surface area contributed by atoms with Crippen LogP contribution in [0.4, 0.5) is 0 Å². The third-order valence-electron chi connectivity index (χ3n) is 4.06. The van der Waals surface area contributed by atoms with E-state index in [0.717, 1.165) is 40.0 Å². The molecule has 0 fully saturated rings. The standard InChI is InChI=1S/C18H16N4O/c1-11-17(12(2)23-22-11)15-7-16-14(9-20-18(16)21-10-15)6-13-4-3-5-19-8-13/h3-5,7-10H,6H2,1-2H3,(H,20,21). The van der Waals surface area contributed by atoms with Gasteiger partial charge in [-0.05, 0) is 37.1 Å². The number of aromatic nitrogens is 4. The van der Waals surface area contributed by atoms with Crippen LogP contribution in [-0.2, 0) is 6.42 Å². The number of aromatic amines is 1. The van der Waals surface area contributed by atoms with Crippen LogP contribution in [0.1, 0.15) is 22.6 Å². The van der Waals surface area contributed by atoms with E-state index in [0.29, 0.717) is 0 Å². The summed E-state index contributed by atoms with van der Waals surface area (Å²) in [5, 5.41) is 5.15. The third kappa shape index (κ3) is 2.40. The Bertz CT molecular complexity index is 950. The van der Waals surface area contributed by atoms with Gasteiger partial charge in [0.05, 0.1) is 5.69 Å². The molecule has 1 N–H and O–H groups in total. The molecule has 4 heterocycles. The summed E-state index contributed by atoms with van der Waals surface area (Å²) in [6, 6.07) is 6.19. The summed E-state index contributed by atoms with van der Waals surface area (Å²) in [6.45, 7) is 3.87. The van der Waals surface area contributed by atoms with E-state index in [4.69, 9.17) is 4.52 Å². The van der Waals surface area contributed by atoms with Crippen molar-refractivity contribution < 1.29 is 4.52 Å². The van der Waals surface area contributed by atoms with Crippen molar-refractivity contribution in [1.29, 1.82) is 0 Å². The van der Waals surface area contributed by atoms with Gasteiger partial charge in [-0.15, -0.1) is 0 Å². The minimum Gasteiger partial charge on any atom is -0.361 e. The van der Waals surface area contributed by atoms with Gasteiger partial charge in [-0.3, -0.25) is 4.98 Å². The van der Waals surface area contributed by atoms with Gasteiger partial charge >= 0.3 is 0 Å². The first-order valence-electron chi connectivity index (χ1n) is 7.50. The van der Waals surface area contributed by atoms with Crippen molar-refractivity contribution in [3.05, 3.63) is 65.6 Å². The lowest BCUT2D eigenvalue weighted by Crippen LogP contribution is -1.89. The van der Waals surface area contributed by atoms with E-state index >= 15 is 0 Å². The summed E-state index contributed by atoms with van der Waals surface area (Å²) >= 11 is 0. The highest BCUT2D eigenvalue weighted by Crippen LogP contribution is 2.30. The number of rotatable bonds is 3. The summed E-state index contributed by atoms with van der Waals surface area (Å²) in [7, 11) is 0. The van der Waals surface area contributed by atoms with Gasteiger partial charge in [0.25, 0.3) is 0 Å². The zero-order chi connectivity index (χ0) is 15.8. The van der Waals surface area contributed by atoms with Crippen molar-refractivity contribution in [3.8, 4) is 11.1 Å². The molecule has 0 amide bonds. The van der Waals surface area contributed by atoms with Crippen LogP contribution in [0.2, 0.25) is 0 Å². The fourth-order valence-electron chi connectivity index (χ4n) is 2.96. The van der Waals surface area contributed by atoms with Crippen LogP contribution >= 0.6 is 0 Å². The third-order valence-corrected chi connectivity index (χ3v) is 4.06. The molecule has 5 heteroatoms. The summed E-state index contributed by atoms with van der Waals surface area (Å²) in [5.41, 5.74) is 6.20. The summed E-state index contributed by atoms with van der Waals surface area (Å²) < 4.78 is 5.28.